The second kappa shape index (κ2) is 7.84. The third-order valence-electron chi connectivity index (χ3n) is 4.77. The van der Waals surface area contributed by atoms with E-state index in [4.69, 9.17) is 19.7 Å². The van der Waals surface area contributed by atoms with Crippen molar-refractivity contribution in [2.24, 2.45) is 7.05 Å². The fourth-order valence-electron chi connectivity index (χ4n) is 3.29. The highest BCUT2D eigenvalue weighted by atomic mass is 32.2. The quantitative estimate of drug-likeness (QED) is 0.677. The predicted molar refractivity (Wildman–Crippen MR) is 109 cm³/mol. The van der Waals surface area contributed by atoms with Gasteiger partial charge in [0.25, 0.3) is 0 Å². The summed E-state index contributed by atoms with van der Waals surface area (Å²) >= 11 is 1.72. The Morgan fingerprint density at radius 1 is 1.19 bits per heavy atom. The third kappa shape index (κ3) is 3.52. The number of nitrogens with zero attached hydrogens (tertiary/aromatic N) is 5. The van der Waals surface area contributed by atoms with E-state index in [1.54, 1.807) is 11.8 Å². The molecule has 0 unspecified atom stereocenters. The van der Waals surface area contributed by atoms with Crippen LogP contribution in [0.25, 0.3) is 22.6 Å². The van der Waals surface area contributed by atoms with Crippen LogP contribution in [-0.2, 0) is 18.3 Å². The van der Waals surface area contributed by atoms with Crippen LogP contribution in [0.4, 0.5) is 5.82 Å². The molecule has 0 spiro atoms. The van der Waals surface area contributed by atoms with E-state index in [0.29, 0.717) is 19.8 Å². The average Bonchev–Trinajstić information content (AvgIpc) is 3.04. The fourth-order valence-corrected chi connectivity index (χ4v) is 3.75. The molecule has 0 amide bonds. The van der Waals surface area contributed by atoms with Gasteiger partial charge < -0.3 is 19.5 Å². The number of fused-ring (bicyclic) bond motifs is 1. The first kappa shape index (κ1) is 18.2. The Morgan fingerprint density at radius 3 is 2.74 bits per heavy atom. The Hall–Kier alpha value is -2.16. The first-order valence-corrected chi connectivity index (χ1v) is 10.3. The van der Waals surface area contributed by atoms with Crippen molar-refractivity contribution in [1.82, 2.24) is 24.8 Å². The maximum absolute atomic E-state index is 5.52. The topological polar surface area (TPSA) is 68.1 Å². The van der Waals surface area contributed by atoms with E-state index in [9.17, 15) is 0 Å². The zero-order valence-electron chi connectivity index (χ0n) is 15.9. The Balaban J connectivity index is 1.90. The van der Waals surface area contributed by atoms with Crippen molar-refractivity contribution in [3.8, 4) is 11.4 Å². The number of thioether (sulfide) groups is 1. The summed E-state index contributed by atoms with van der Waals surface area (Å²) in [6.07, 6.45) is 2.08. The van der Waals surface area contributed by atoms with Gasteiger partial charge in [0.1, 0.15) is 5.82 Å². The molecule has 0 atom stereocenters. The SMILES string of the molecule is CNCc1nc2c(N3CCOCC3)nc(-c3cccc(SC)c3)nc2n1C. The number of imidazole rings is 1. The summed E-state index contributed by atoms with van der Waals surface area (Å²) in [5, 5.41) is 3.18. The molecule has 2 aromatic heterocycles. The fraction of sp³-hybridized carbons (Fsp3) is 0.421. The summed E-state index contributed by atoms with van der Waals surface area (Å²) in [5.74, 6) is 2.58. The number of hydrogen-bond donors (Lipinski definition) is 1. The minimum absolute atomic E-state index is 0.687. The lowest BCUT2D eigenvalue weighted by atomic mass is 10.2. The molecule has 1 aliphatic rings. The zero-order chi connectivity index (χ0) is 18.8. The van der Waals surface area contributed by atoms with Crippen molar-refractivity contribution in [1.29, 1.82) is 0 Å². The zero-order valence-corrected chi connectivity index (χ0v) is 16.7. The second-order valence-electron chi connectivity index (χ2n) is 6.49. The van der Waals surface area contributed by atoms with Gasteiger partial charge in [-0.3, -0.25) is 0 Å². The molecule has 8 heteroatoms. The van der Waals surface area contributed by atoms with Gasteiger partial charge in [-0.05, 0) is 25.4 Å². The predicted octanol–water partition coefficient (Wildman–Crippen LogP) is 2.31. The summed E-state index contributed by atoms with van der Waals surface area (Å²) in [6.45, 7) is 3.73. The van der Waals surface area contributed by atoms with Crippen molar-refractivity contribution in [3.63, 3.8) is 0 Å². The van der Waals surface area contributed by atoms with Gasteiger partial charge in [0.15, 0.2) is 22.8 Å². The van der Waals surface area contributed by atoms with Gasteiger partial charge in [-0.25, -0.2) is 15.0 Å². The molecule has 1 aromatic carbocycles. The van der Waals surface area contributed by atoms with E-state index < -0.39 is 0 Å². The van der Waals surface area contributed by atoms with Gasteiger partial charge in [-0.15, -0.1) is 11.8 Å². The molecule has 3 aromatic rings. The molecule has 1 fully saturated rings. The monoisotopic (exact) mass is 384 g/mol. The number of hydrogen-bond acceptors (Lipinski definition) is 7. The molecule has 3 heterocycles. The number of morpholine rings is 1. The Kier molecular flexibility index (Phi) is 5.29. The van der Waals surface area contributed by atoms with Crippen molar-refractivity contribution >= 4 is 28.7 Å². The number of benzene rings is 1. The van der Waals surface area contributed by atoms with Gasteiger partial charge in [-0.2, -0.15) is 0 Å². The molecule has 0 radical (unpaired) electrons. The smallest absolute Gasteiger partial charge is 0.166 e. The van der Waals surface area contributed by atoms with Gasteiger partial charge in [0.05, 0.1) is 19.8 Å². The average molecular weight is 385 g/mol. The molecule has 1 N–H and O–H groups in total. The molecule has 1 saturated heterocycles. The number of anilines is 1. The van der Waals surface area contributed by atoms with Crippen LogP contribution in [0.5, 0.6) is 0 Å². The van der Waals surface area contributed by atoms with E-state index >= 15 is 0 Å². The van der Waals surface area contributed by atoms with Gasteiger partial charge in [0.2, 0.25) is 0 Å². The van der Waals surface area contributed by atoms with Gasteiger partial charge in [-0.1, -0.05) is 12.1 Å². The molecule has 4 rings (SSSR count). The summed E-state index contributed by atoms with van der Waals surface area (Å²) in [5.41, 5.74) is 2.74. The van der Waals surface area contributed by atoms with Crippen molar-refractivity contribution < 1.29 is 4.74 Å². The number of aryl methyl sites for hydroxylation is 1. The van der Waals surface area contributed by atoms with Crippen molar-refractivity contribution in [2.45, 2.75) is 11.4 Å². The molecular formula is C19H24N6OS. The first-order chi connectivity index (χ1) is 13.2. The molecule has 27 heavy (non-hydrogen) atoms. The maximum atomic E-state index is 5.52. The molecule has 7 nitrogen and oxygen atoms in total. The maximum Gasteiger partial charge on any atom is 0.166 e. The van der Waals surface area contributed by atoms with E-state index in [0.717, 1.165) is 47.3 Å². The number of nitrogens with one attached hydrogen (secondary N) is 1. The lowest BCUT2D eigenvalue weighted by molar-refractivity contribution is 0.122. The van der Waals surface area contributed by atoms with Crippen LogP contribution in [0.15, 0.2) is 29.2 Å². The Labute approximate surface area is 163 Å². The van der Waals surface area contributed by atoms with Crippen LogP contribution in [-0.4, -0.2) is 59.1 Å². The lowest BCUT2D eigenvalue weighted by Gasteiger charge is -2.28. The van der Waals surface area contributed by atoms with Crippen LogP contribution in [0, 0.1) is 0 Å². The minimum atomic E-state index is 0.687. The normalized spacial score (nSPS) is 14.9. The Bertz CT molecular complexity index is 951. The molecule has 0 bridgehead atoms. The van der Waals surface area contributed by atoms with E-state index in [2.05, 4.69) is 45.3 Å². The lowest BCUT2D eigenvalue weighted by Crippen LogP contribution is -2.37. The van der Waals surface area contributed by atoms with Crippen LogP contribution < -0.4 is 10.2 Å². The van der Waals surface area contributed by atoms with Crippen molar-refractivity contribution in [3.05, 3.63) is 30.1 Å². The summed E-state index contributed by atoms with van der Waals surface area (Å²) < 4.78 is 7.58. The van der Waals surface area contributed by atoms with Crippen LogP contribution in [0.2, 0.25) is 0 Å². The van der Waals surface area contributed by atoms with Gasteiger partial charge >= 0.3 is 0 Å². The Morgan fingerprint density at radius 2 is 2.00 bits per heavy atom. The van der Waals surface area contributed by atoms with E-state index in [-0.39, 0.29) is 0 Å². The molecule has 142 valence electrons. The van der Waals surface area contributed by atoms with Crippen LogP contribution >= 0.6 is 11.8 Å². The summed E-state index contributed by atoms with van der Waals surface area (Å²) in [4.78, 5) is 18.1. The number of aromatic nitrogens is 4. The third-order valence-corrected chi connectivity index (χ3v) is 5.49. The molecular weight excluding hydrogens is 360 g/mol. The minimum Gasteiger partial charge on any atom is -0.378 e. The highest BCUT2D eigenvalue weighted by molar-refractivity contribution is 7.98. The largest absolute Gasteiger partial charge is 0.378 e. The molecule has 0 saturated carbocycles. The first-order valence-electron chi connectivity index (χ1n) is 9.06. The standard InChI is InChI=1S/C19H24N6OS/c1-20-12-15-21-16-18(24(15)2)22-17(13-5-4-6-14(11-13)27-3)23-19(16)25-7-9-26-10-8-25/h4-6,11,20H,7-10,12H2,1-3H3. The van der Waals surface area contributed by atoms with Crippen LogP contribution in [0.1, 0.15) is 5.82 Å². The van der Waals surface area contributed by atoms with Gasteiger partial charge in [0, 0.05) is 30.6 Å². The van der Waals surface area contributed by atoms with E-state index in [1.165, 1.54) is 4.90 Å². The van der Waals surface area contributed by atoms with Crippen LogP contribution in [0.3, 0.4) is 0 Å². The number of rotatable bonds is 5. The van der Waals surface area contributed by atoms with Crippen molar-refractivity contribution in [2.75, 3.05) is 44.5 Å². The second-order valence-corrected chi connectivity index (χ2v) is 7.37. The summed E-state index contributed by atoms with van der Waals surface area (Å²) in [6, 6.07) is 8.36. The summed E-state index contributed by atoms with van der Waals surface area (Å²) in [7, 11) is 3.94. The highest BCUT2D eigenvalue weighted by Gasteiger charge is 2.22. The highest BCUT2D eigenvalue weighted by Crippen LogP contribution is 2.29. The number of ether oxygens (including phenoxy) is 1. The van der Waals surface area contributed by atoms with E-state index in [1.807, 2.05) is 14.1 Å². The molecule has 0 aliphatic carbocycles. The molecule has 1 aliphatic heterocycles.